The van der Waals surface area contributed by atoms with Crippen molar-refractivity contribution in [3.63, 3.8) is 0 Å². The highest BCUT2D eigenvalue weighted by Gasteiger charge is 2.72. The zero-order valence-corrected chi connectivity index (χ0v) is 15.7. The summed E-state index contributed by atoms with van der Waals surface area (Å²) in [6, 6.07) is 3.87. The molecule has 0 aromatic rings. The molecule has 0 N–H and O–H groups in total. The van der Waals surface area contributed by atoms with Crippen LogP contribution in [0.15, 0.2) is 45.5 Å². The van der Waals surface area contributed by atoms with Gasteiger partial charge in [0.05, 0.1) is 11.3 Å². The van der Waals surface area contributed by atoms with E-state index >= 15 is 0 Å². The maximum Gasteiger partial charge on any atom is 0.344 e. The summed E-state index contributed by atoms with van der Waals surface area (Å²) in [5.74, 6) is 1.31. The van der Waals surface area contributed by atoms with E-state index in [0.29, 0.717) is 17.4 Å². The maximum absolute atomic E-state index is 12.9. The number of carbonyl (C=O) groups excluding carboxylic acids is 1. The third-order valence-electron chi connectivity index (χ3n) is 6.98. The van der Waals surface area contributed by atoms with E-state index in [4.69, 9.17) is 9.47 Å². The Bertz CT molecular complexity index is 991. The van der Waals surface area contributed by atoms with E-state index in [0.717, 1.165) is 48.2 Å². The summed E-state index contributed by atoms with van der Waals surface area (Å²) in [6.07, 6.45) is 6.30. The van der Waals surface area contributed by atoms with Gasteiger partial charge in [0.2, 0.25) is 0 Å². The van der Waals surface area contributed by atoms with Crippen LogP contribution in [0.25, 0.3) is 0 Å². The quantitative estimate of drug-likeness (QED) is 0.549. The van der Waals surface area contributed by atoms with Crippen molar-refractivity contribution in [3.8, 4) is 12.1 Å². The number of allylic oxidation sites excluding steroid dienone is 3. The van der Waals surface area contributed by atoms with Crippen LogP contribution in [0.3, 0.4) is 0 Å². The normalized spacial score (nSPS) is 30.8. The predicted molar refractivity (Wildman–Crippen MR) is 95.2 cm³/mol. The second-order valence-electron chi connectivity index (χ2n) is 8.41. The Morgan fingerprint density at radius 1 is 1.15 bits per heavy atom. The molecule has 0 aromatic heterocycles. The number of hydrogen-bond acceptors (Lipinski definition) is 5. The van der Waals surface area contributed by atoms with Crippen LogP contribution in [-0.4, -0.2) is 11.6 Å². The van der Waals surface area contributed by atoms with Crippen LogP contribution in [0, 0.1) is 39.9 Å². The van der Waals surface area contributed by atoms with Gasteiger partial charge < -0.3 is 9.47 Å². The van der Waals surface area contributed by atoms with E-state index in [9.17, 15) is 15.3 Å². The second-order valence-corrected chi connectivity index (χ2v) is 8.41. The fourth-order valence-corrected chi connectivity index (χ4v) is 5.94. The lowest BCUT2D eigenvalue weighted by Gasteiger charge is -2.51. The molecule has 1 atom stereocenters. The van der Waals surface area contributed by atoms with E-state index in [1.165, 1.54) is 0 Å². The van der Waals surface area contributed by atoms with Gasteiger partial charge in [-0.3, -0.25) is 0 Å². The molecule has 0 bridgehead atoms. The number of rotatable bonds is 2. The highest BCUT2D eigenvalue weighted by atomic mass is 16.5. The third kappa shape index (κ3) is 1.75. The lowest BCUT2D eigenvalue weighted by molar-refractivity contribution is -0.133. The van der Waals surface area contributed by atoms with Crippen molar-refractivity contribution in [3.05, 3.63) is 45.5 Å². The molecule has 0 saturated heterocycles. The van der Waals surface area contributed by atoms with Gasteiger partial charge in [0.25, 0.3) is 0 Å². The zero-order chi connectivity index (χ0) is 19.1. The van der Waals surface area contributed by atoms with Gasteiger partial charge in [-0.15, -0.1) is 0 Å². The molecule has 2 heterocycles. The Kier molecular flexibility index (Phi) is 2.99. The first-order valence-electron chi connectivity index (χ1n) is 9.51. The lowest BCUT2D eigenvalue weighted by atomic mass is 9.54. The summed E-state index contributed by atoms with van der Waals surface area (Å²) in [5, 5.41) is 19.0. The van der Waals surface area contributed by atoms with Crippen LogP contribution >= 0.6 is 0 Å². The van der Waals surface area contributed by atoms with E-state index in [1.807, 2.05) is 32.1 Å². The first-order valence-corrected chi connectivity index (χ1v) is 9.51. The Morgan fingerprint density at radius 3 is 2.26 bits per heavy atom. The Morgan fingerprint density at radius 2 is 1.74 bits per heavy atom. The molecule has 27 heavy (non-hydrogen) atoms. The lowest BCUT2D eigenvalue weighted by Crippen LogP contribution is -2.54. The molecule has 5 rings (SSSR count). The van der Waals surface area contributed by atoms with Gasteiger partial charge in [0.15, 0.2) is 11.3 Å². The number of ether oxygens (including phenoxy) is 2. The van der Waals surface area contributed by atoms with E-state index in [-0.39, 0.29) is 11.3 Å². The fourth-order valence-electron chi connectivity index (χ4n) is 5.94. The van der Waals surface area contributed by atoms with E-state index in [2.05, 4.69) is 6.92 Å². The van der Waals surface area contributed by atoms with Gasteiger partial charge in [-0.2, -0.15) is 10.5 Å². The van der Waals surface area contributed by atoms with Crippen molar-refractivity contribution < 1.29 is 14.3 Å². The minimum Gasteiger partial charge on any atom is -0.487 e. The molecule has 2 saturated carbocycles. The SMILES string of the molecule is CC1=CC2=C(C)C3=C(C(=C(C#N)C#N)OC3=O)C(C3CC3)(C3CC3)[C@]2(C)O1. The van der Waals surface area contributed by atoms with Crippen molar-refractivity contribution in [1.29, 1.82) is 10.5 Å². The number of hydrogen-bond donors (Lipinski definition) is 0. The number of cyclic esters (lactones) is 1. The van der Waals surface area contributed by atoms with Gasteiger partial charge in [0, 0.05) is 16.6 Å². The maximum atomic E-state index is 12.9. The van der Waals surface area contributed by atoms with Gasteiger partial charge >= 0.3 is 5.97 Å². The standard InChI is InChI=1S/C22H20N2O3/c1-11-8-16-12(2)17-18(19(26-20(17)25)13(9-23)10-24)22(14-4-5-14,15-6-7-15)21(16,3)27-11/h8,14-15H,4-7H2,1-3H3/t21-/m1/s1. The second kappa shape index (κ2) is 4.93. The predicted octanol–water partition coefficient (Wildman–Crippen LogP) is 3.97. The summed E-state index contributed by atoms with van der Waals surface area (Å²) >= 11 is 0. The molecule has 2 fully saturated rings. The summed E-state index contributed by atoms with van der Waals surface area (Å²) in [7, 11) is 0. The Labute approximate surface area is 158 Å². The Balaban J connectivity index is 1.91. The molecule has 0 radical (unpaired) electrons. The summed E-state index contributed by atoms with van der Waals surface area (Å²) in [6.45, 7) is 6.00. The van der Waals surface area contributed by atoms with Gasteiger partial charge in [0.1, 0.15) is 17.7 Å². The molecule has 0 unspecified atom stereocenters. The largest absolute Gasteiger partial charge is 0.487 e. The Hall–Kier alpha value is -2.79. The highest BCUT2D eigenvalue weighted by Crippen LogP contribution is 2.74. The molecule has 2 aliphatic heterocycles. The fraction of sp³-hybridized carbons (Fsp3) is 0.500. The number of esters is 1. The van der Waals surface area contributed by atoms with Crippen LogP contribution in [0.1, 0.15) is 46.5 Å². The van der Waals surface area contributed by atoms with Crippen molar-refractivity contribution in [2.24, 2.45) is 17.3 Å². The average Bonchev–Trinajstić information content (AvgIpc) is 3.53. The van der Waals surface area contributed by atoms with Crippen molar-refractivity contribution in [2.45, 2.75) is 52.1 Å². The van der Waals surface area contributed by atoms with Crippen LogP contribution in [0.2, 0.25) is 0 Å². The molecule has 0 aromatic carbocycles. The number of nitriles is 2. The summed E-state index contributed by atoms with van der Waals surface area (Å²) in [5.41, 5.74) is 2.06. The molecular formula is C22H20N2O3. The van der Waals surface area contributed by atoms with Crippen molar-refractivity contribution in [2.75, 3.05) is 0 Å². The smallest absolute Gasteiger partial charge is 0.344 e. The summed E-state index contributed by atoms with van der Waals surface area (Å²) < 4.78 is 12.1. The molecule has 136 valence electrons. The van der Waals surface area contributed by atoms with Crippen molar-refractivity contribution in [1.82, 2.24) is 0 Å². The van der Waals surface area contributed by atoms with E-state index < -0.39 is 17.0 Å². The molecule has 5 heteroatoms. The van der Waals surface area contributed by atoms with Crippen LogP contribution in [0.4, 0.5) is 0 Å². The van der Waals surface area contributed by atoms with E-state index in [1.54, 1.807) is 0 Å². The first-order chi connectivity index (χ1) is 12.9. The van der Waals surface area contributed by atoms with Crippen LogP contribution < -0.4 is 0 Å². The van der Waals surface area contributed by atoms with Gasteiger partial charge in [-0.05, 0) is 69.9 Å². The molecule has 5 nitrogen and oxygen atoms in total. The number of fused-ring (bicyclic) bond motifs is 1. The highest BCUT2D eigenvalue weighted by molar-refractivity contribution is 6.01. The molecule has 0 amide bonds. The van der Waals surface area contributed by atoms with Crippen LogP contribution in [0.5, 0.6) is 0 Å². The average molecular weight is 360 g/mol. The third-order valence-corrected chi connectivity index (χ3v) is 6.98. The van der Waals surface area contributed by atoms with Gasteiger partial charge in [-0.25, -0.2) is 4.79 Å². The zero-order valence-electron chi connectivity index (χ0n) is 15.7. The first kappa shape index (κ1) is 16.4. The minimum atomic E-state index is -0.600. The molecule has 5 aliphatic rings. The number of carbonyl (C=O) groups is 1. The topological polar surface area (TPSA) is 83.1 Å². The molecule has 3 aliphatic carbocycles. The monoisotopic (exact) mass is 360 g/mol. The summed E-state index contributed by atoms with van der Waals surface area (Å²) in [4.78, 5) is 12.9. The number of nitrogens with zero attached hydrogens (tertiary/aromatic N) is 2. The molecule has 0 spiro atoms. The van der Waals surface area contributed by atoms with Crippen molar-refractivity contribution >= 4 is 5.97 Å². The minimum absolute atomic E-state index is 0.124. The molecular weight excluding hydrogens is 340 g/mol. The van der Waals surface area contributed by atoms with Crippen LogP contribution in [-0.2, 0) is 14.3 Å². The van der Waals surface area contributed by atoms with Gasteiger partial charge in [-0.1, -0.05) is 0 Å².